The van der Waals surface area contributed by atoms with Crippen LogP contribution in [0.3, 0.4) is 0 Å². The maximum Gasteiger partial charge on any atom is 1.00 e. The van der Waals surface area contributed by atoms with E-state index in [2.05, 4.69) is 0 Å². The molecule has 0 aliphatic rings. The minimum Gasteiger partial charge on any atom is -0.776 e. The molecule has 0 bridgehead atoms. The largest absolute Gasteiger partial charge is 1.00 e. The van der Waals surface area contributed by atoms with Crippen LogP contribution in [0.4, 0.5) is 0 Å². The van der Waals surface area contributed by atoms with Crippen molar-refractivity contribution < 1.29 is 47.5 Å². The first-order valence-electron chi connectivity index (χ1n) is 6.27. The number of halogens is 1. The summed E-state index contributed by atoms with van der Waals surface area (Å²) in [5.41, 5.74) is 0. The van der Waals surface area contributed by atoms with Gasteiger partial charge in [0.15, 0.2) is 19.5 Å². The summed E-state index contributed by atoms with van der Waals surface area (Å²) in [7, 11) is -4.78. The Balaban J connectivity index is 0.00000441. The van der Waals surface area contributed by atoms with Crippen molar-refractivity contribution in [2.45, 2.75) is 32.7 Å². The average molecular weight is 343 g/mol. The Labute approximate surface area is 146 Å². The number of ether oxygens (including phenoxy) is 2. The van der Waals surface area contributed by atoms with Crippen molar-refractivity contribution in [1.82, 2.24) is 0 Å². The molecule has 0 saturated carbocycles. The van der Waals surface area contributed by atoms with Gasteiger partial charge >= 0.3 is 24.8 Å². The van der Waals surface area contributed by atoms with Crippen molar-refractivity contribution in [2.75, 3.05) is 0 Å². The summed E-state index contributed by atoms with van der Waals surface area (Å²) in [6, 6.07) is 6.31. The zero-order valence-corrected chi connectivity index (χ0v) is 14.5. The van der Waals surface area contributed by atoms with Gasteiger partial charge in [-0.15, -0.1) is 0 Å². The molecule has 0 heterocycles. The smallest absolute Gasteiger partial charge is 0.776 e. The Morgan fingerprint density at radius 3 is 2.18 bits per heavy atom. The molecule has 0 aliphatic carbocycles. The van der Waals surface area contributed by atoms with Crippen molar-refractivity contribution in [1.29, 1.82) is 0 Å². The Morgan fingerprint density at radius 2 is 1.77 bits per heavy atom. The summed E-state index contributed by atoms with van der Waals surface area (Å²) in [6.07, 6.45) is -1.03. The van der Waals surface area contributed by atoms with E-state index in [1.165, 1.54) is 20.8 Å². The number of carbonyl (C=O) groups excluding carboxylic acids is 1. The van der Waals surface area contributed by atoms with E-state index in [-0.39, 0.29) is 18.9 Å². The minimum atomic E-state index is -4.78. The zero-order valence-electron chi connectivity index (χ0n) is 12.9. The standard InChI is InChI=1S/C13H18ClO6P.Li/c1-8(2)13(21(16,17)18)20-12(15)9(3)19-11-6-4-10(14)5-7-11;/h4-9,13H,1-3H3,(H2,16,17,18);/q;+1/p-1. The SMILES string of the molecule is CC(Oc1ccc(Cl)cc1)C(=O)OC(C(C)C)P(=O)([O-])O.[Li+]. The maximum absolute atomic E-state index is 11.8. The fourth-order valence-corrected chi connectivity index (χ4v) is 2.68. The summed E-state index contributed by atoms with van der Waals surface area (Å²) in [5.74, 6) is -2.67. The molecule has 0 saturated heterocycles. The number of hydrogen-bond acceptors (Lipinski definition) is 5. The van der Waals surface area contributed by atoms with E-state index in [0.717, 1.165) is 0 Å². The molecule has 1 aromatic rings. The van der Waals surface area contributed by atoms with Crippen molar-refractivity contribution in [3.05, 3.63) is 29.3 Å². The second-order valence-corrected chi connectivity index (χ2v) is 6.92. The predicted molar refractivity (Wildman–Crippen MR) is 76.1 cm³/mol. The van der Waals surface area contributed by atoms with Gasteiger partial charge < -0.3 is 23.8 Å². The molecule has 118 valence electrons. The molecule has 1 rings (SSSR count). The van der Waals surface area contributed by atoms with Crippen molar-refractivity contribution in [3.63, 3.8) is 0 Å². The molecule has 1 N–H and O–H groups in total. The summed E-state index contributed by atoms with van der Waals surface area (Å²) in [5, 5.41) is 0.519. The van der Waals surface area contributed by atoms with Gasteiger partial charge in [0.25, 0.3) is 0 Å². The van der Waals surface area contributed by atoms with Gasteiger partial charge in [-0.25, -0.2) is 4.79 Å². The second-order valence-electron chi connectivity index (χ2n) is 4.85. The van der Waals surface area contributed by atoms with E-state index in [1.807, 2.05) is 0 Å². The fraction of sp³-hybridized carbons (Fsp3) is 0.462. The number of esters is 1. The molecule has 0 aliphatic heterocycles. The quantitative estimate of drug-likeness (QED) is 0.412. The third-order valence-corrected chi connectivity index (χ3v) is 4.18. The Morgan fingerprint density at radius 1 is 1.27 bits per heavy atom. The first-order chi connectivity index (χ1) is 9.61. The molecule has 0 radical (unpaired) electrons. The van der Waals surface area contributed by atoms with Crippen LogP contribution in [0.15, 0.2) is 24.3 Å². The van der Waals surface area contributed by atoms with Crippen LogP contribution in [0.5, 0.6) is 5.75 Å². The first-order valence-corrected chi connectivity index (χ1v) is 8.30. The Bertz CT molecular complexity index is 530. The van der Waals surface area contributed by atoms with E-state index in [0.29, 0.717) is 10.8 Å². The third kappa shape index (κ3) is 6.74. The van der Waals surface area contributed by atoms with Crippen LogP contribution in [-0.2, 0) is 14.1 Å². The van der Waals surface area contributed by atoms with Gasteiger partial charge in [0.05, 0.1) is 0 Å². The Hall–Kier alpha value is -0.473. The van der Waals surface area contributed by atoms with Crippen LogP contribution in [0.1, 0.15) is 20.8 Å². The van der Waals surface area contributed by atoms with Crippen LogP contribution < -0.4 is 28.5 Å². The zero-order chi connectivity index (χ0) is 16.2. The topological polar surface area (TPSA) is 95.9 Å². The van der Waals surface area contributed by atoms with E-state index < -0.39 is 31.4 Å². The van der Waals surface area contributed by atoms with E-state index in [9.17, 15) is 14.3 Å². The Kier molecular flexibility index (Phi) is 8.78. The van der Waals surface area contributed by atoms with Crippen LogP contribution in [0, 0.1) is 5.92 Å². The molecule has 0 aromatic heterocycles. The van der Waals surface area contributed by atoms with Crippen LogP contribution in [0.2, 0.25) is 5.02 Å². The third-order valence-electron chi connectivity index (χ3n) is 2.59. The number of carbonyl (C=O) groups is 1. The predicted octanol–water partition coefficient (Wildman–Crippen LogP) is -0.818. The van der Waals surface area contributed by atoms with E-state index in [4.69, 9.17) is 26.0 Å². The van der Waals surface area contributed by atoms with Crippen molar-refractivity contribution in [2.24, 2.45) is 5.92 Å². The molecule has 0 amide bonds. The number of benzene rings is 1. The molecular weight excluding hydrogens is 326 g/mol. The average Bonchev–Trinajstić information content (AvgIpc) is 2.36. The van der Waals surface area contributed by atoms with Crippen molar-refractivity contribution in [3.8, 4) is 5.75 Å². The van der Waals surface area contributed by atoms with E-state index in [1.54, 1.807) is 24.3 Å². The molecule has 3 atom stereocenters. The molecule has 1 aromatic carbocycles. The molecule has 0 spiro atoms. The monoisotopic (exact) mass is 342 g/mol. The van der Waals surface area contributed by atoms with Gasteiger partial charge in [-0.2, -0.15) is 0 Å². The molecular formula is C13H17ClLiO6P. The number of hydrogen-bond donors (Lipinski definition) is 1. The molecule has 6 nitrogen and oxygen atoms in total. The van der Waals surface area contributed by atoms with Gasteiger partial charge in [-0.3, -0.25) is 0 Å². The summed E-state index contributed by atoms with van der Waals surface area (Å²) in [6.45, 7) is 4.45. The maximum atomic E-state index is 11.8. The fourth-order valence-electron chi connectivity index (χ4n) is 1.56. The second kappa shape index (κ2) is 8.98. The van der Waals surface area contributed by atoms with Crippen LogP contribution >= 0.6 is 19.2 Å². The first kappa shape index (κ1) is 21.5. The molecule has 0 fully saturated rings. The van der Waals surface area contributed by atoms with Crippen LogP contribution in [-0.4, -0.2) is 22.8 Å². The minimum absolute atomic E-state index is 0. The van der Waals surface area contributed by atoms with Gasteiger partial charge in [0.1, 0.15) is 5.75 Å². The normalized spacial score (nSPS) is 16.1. The van der Waals surface area contributed by atoms with Crippen molar-refractivity contribution >= 4 is 25.2 Å². The summed E-state index contributed by atoms with van der Waals surface area (Å²) in [4.78, 5) is 32.1. The molecule has 9 heteroatoms. The summed E-state index contributed by atoms with van der Waals surface area (Å²) < 4.78 is 21.3. The van der Waals surface area contributed by atoms with Gasteiger partial charge in [0.2, 0.25) is 0 Å². The van der Waals surface area contributed by atoms with E-state index >= 15 is 0 Å². The van der Waals surface area contributed by atoms with Gasteiger partial charge in [-0.1, -0.05) is 25.4 Å². The summed E-state index contributed by atoms with van der Waals surface area (Å²) >= 11 is 5.72. The van der Waals surface area contributed by atoms with Gasteiger partial charge in [-0.05, 0) is 37.1 Å². The molecule has 22 heavy (non-hydrogen) atoms. The molecule has 3 unspecified atom stereocenters. The van der Waals surface area contributed by atoms with Crippen LogP contribution in [0.25, 0.3) is 0 Å². The van der Waals surface area contributed by atoms with Gasteiger partial charge in [0, 0.05) is 5.02 Å². The number of rotatable bonds is 6.